The first-order chi connectivity index (χ1) is 3.80. The van der Waals surface area contributed by atoms with Crippen molar-refractivity contribution in [1.82, 2.24) is 0 Å². The van der Waals surface area contributed by atoms with Crippen molar-refractivity contribution in [2.45, 2.75) is 6.42 Å². The molecule has 1 aliphatic heterocycles. The second-order valence-electron chi connectivity index (χ2n) is 1.57. The van der Waals surface area contributed by atoms with Crippen LogP contribution in [0.15, 0.2) is 0 Å². The van der Waals surface area contributed by atoms with Crippen LogP contribution < -0.4 is 0 Å². The Morgan fingerprint density at radius 2 is 2.50 bits per heavy atom. The van der Waals surface area contributed by atoms with E-state index >= 15 is 0 Å². The number of ether oxygens (including phenoxy) is 1. The van der Waals surface area contributed by atoms with Gasteiger partial charge in [-0.2, -0.15) is 0 Å². The highest BCUT2D eigenvalue weighted by atomic mass is 127. The Morgan fingerprint density at radius 3 is 2.88 bits per heavy atom. The maximum absolute atomic E-state index is 8.79. The monoisotopic (exact) mass is 228 g/mol. The van der Waals surface area contributed by atoms with Crippen LogP contribution in [0.25, 0.3) is 0 Å². The van der Waals surface area contributed by atoms with E-state index in [-0.39, 0.29) is 6.08 Å². The molecule has 0 amide bonds. The fourth-order valence-corrected chi connectivity index (χ4v) is 1.01. The molecule has 8 heavy (non-hydrogen) atoms. The van der Waals surface area contributed by atoms with E-state index in [4.69, 9.17) is 9.84 Å². The number of aliphatic hydroxyl groups excluding tert-OH is 1. The van der Waals surface area contributed by atoms with Crippen molar-refractivity contribution >= 4 is 28.9 Å². The molecule has 0 aliphatic carbocycles. The molecule has 0 bridgehead atoms. The lowest BCUT2D eigenvalue weighted by molar-refractivity contribution is -0.341. The first kappa shape index (κ1) is 6.12. The summed E-state index contributed by atoms with van der Waals surface area (Å²) in [5.74, 6) is 0. The zero-order valence-electron chi connectivity index (χ0n) is 4.30. The molecular formula is C4H7INO2+. The maximum Gasteiger partial charge on any atom is 0.555 e. The van der Waals surface area contributed by atoms with Gasteiger partial charge in [0.2, 0.25) is 0 Å². The standard InChI is InChI=1S/C4H6INO2/c5-6-2-1-3-8-4(6)7/h1-3H2/p+1. The van der Waals surface area contributed by atoms with Gasteiger partial charge in [-0.3, -0.25) is 0 Å². The molecule has 0 saturated carbocycles. The fraction of sp³-hybridized carbons (Fsp3) is 0.750. The summed E-state index contributed by atoms with van der Waals surface area (Å²) in [6.45, 7) is 1.53. The normalized spacial score (nSPS) is 20.6. The van der Waals surface area contributed by atoms with Crippen molar-refractivity contribution in [2.24, 2.45) is 0 Å². The topological polar surface area (TPSA) is 32.5 Å². The van der Waals surface area contributed by atoms with E-state index in [0.29, 0.717) is 6.61 Å². The molecule has 0 atom stereocenters. The summed E-state index contributed by atoms with van der Waals surface area (Å²) in [7, 11) is 0. The maximum atomic E-state index is 8.79. The van der Waals surface area contributed by atoms with Gasteiger partial charge < -0.3 is 9.84 Å². The Morgan fingerprint density at radius 1 is 1.75 bits per heavy atom. The lowest BCUT2D eigenvalue weighted by Gasteiger charge is -2.04. The van der Waals surface area contributed by atoms with Crippen molar-refractivity contribution in [1.29, 1.82) is 0 Å². The minimum Gasteiger partial charge on any atom is -0.430 e. The summed E-state index contributed by atoms with van der Waals surface area (Å²) in [4.78, 5) is 0. The van der Waals surface area contributed by atoms with E-state index in [2.05, 4.69) is 0 Å². The van der Waals surface area contributed by atoms with Crippen LogP contribution in [0.3, 0.4) is 0 Å². The number of hydrogen-bond donors (Lipinski definition) is 1. The number of aliphatic hydroxyl groups is 1. The van der Waals surface area contributed by atoms with Gasteiger partial charge in [-0.15, -0.1) is 2.79 Å². The molecule has 0 radical (unpaired) electrons. The third-order valence-corrected chi connectivity index (χ3v) is 1.83. The minimum atomic E-state index is 0.0388. The first-order valence-electron chi connectivity index (χ1n) is 2.43. The predicted octanol–water partition coefficient (Wildman–Crippen LogP) is 0.683. The van der Waals surface area contributed by atoms with Crippen LogP contribution in [0.4, 0.5) is 0 Å². The van der Waals surface area contributed by atoms with Crippen molar-refractivity contribution < 1.29 is 12.6 Å². The summed E-state index contributed by atoms with van der Waals surface area (Å²) >= 11 is 2.00. The Balaban J connectivity index is 2.60. The SMILES string of the molecule is OC1=[N+](I)CCCO1. The average Bonchev–Trinajstić information content (AvgIpc) is 1.77. The number of rotatable bonds is 0. The van der Waals surface area contributed by atoms with E-state index in [1.54, 1.807) is 2.79 Å². The van der Waals surface area contributed by atoms with Gasteiger partial charge in [-0.25, -0.2) is 0 Å². The number of halogens is 1. The van der Waals surface area contributed by atoms with Crippen molar-refractivity contribution in [3.63, 3.8) is 0 Å². The van der Waals surface area contributed by atoms with E-state index < -0.39 is 0 Å². The van der Waals surface area contributed by atoms with Crippen LogP contribution in [-0.4, -0.2) is 27.1 Å². The summed E-state index contributed by atoms with van der Waals surface area (Å²) in [6.07, 6.45) is 1.03. The molecule has 0 aromatic rings. The van der Waals surface area contributed by atoms with E-state index in [0.717, 1.165) is 13.0 Å². The zero-order chi connectivity index (χ0) is 5.98. The summed E-state index contributed by atoms with van der Waals surface area (Å²) in [5.41, 5.74) is 0. The summed E-state index contributed by atoms with van der Waals surface area (Å²) in [5, 5.41) is 8.79. The molecule has 4 heteroatoms. The van der Waals surface area contributed by atoms with Crippen molar-refractivity contribution in [3.8, 4) is 0 Å². The lowest BCUT2D eigenvalue weighted by atomic mass is 10.4. The Bertz CT molecular complexity index is 109. The third kappa shape index (κ3) is 1.24. The first-order valence-corrected chi connectivity index (χ1v) is 3.39. The Labute approximate surface area is 61.5 Å². The summed E-state index contributed by atoms with van der Waals surface area (Å²) < 4.78 is 6.43. The highest BCUT2D eigenvalue weighted by molar-refractivity contribution is 14.1. The smallest absolute Gasteiger partial charge is 0.430 e. The van der Waals surface area contributed by atoms with Crippen LogP contribution in [0.2, 0.25) is 0 Å². The molecule has 46 valence electrons. The molecule has 1 aliphatic rings. The zero-order valence-corrected chi connectivity index (χ0v) is 6.46. The Kier molecular flexibility index (Phi) is 1.93. The van der Waals surface area contributed by atoms with Gasteiger partial charge in [0, 0.05) is 6.42 Å². The van der Waals surface area contributed by atoms with Gasteiger partial charge >= 0.3 is 28.9 Å². The van der Waals surface area contributed by atoms with E-state index in [1.807, 2.05) is 22.9 Å². The molecule has 0 spiro atoms. The molecule has 3 nitrogen and oxygen atoms in total. The minimum absolute atomic E-state index is 0.0388. The number of nitrogens with zero attached hydrogens (tertiary/aromatic N) is 1. The van der Waals surface area contributed by atoms with Crippen molar-refractivity contribution in [2.75, 3.05) is 13.2 Å². The molecular weight excluding hydrogens is 221 g/mol. The predicted molar refractivity (Wildman–Crippen MR) is 37.4 cm³/mol. The Hall–Kier alpha value is -0.0000000000000000555. The largest absolute Gasteiger partial charge is 0.555 e. The van der Waals surface area contributed by atoms with Gasteiger partial charge in [-0.05, 0) is 0 Å². The fourth-order valence-electron chi connectivity index (χ4n) is 0.533. The third-order valence-electron chi connectivity index (χ3n) is 0.937. The molecule has 0 saturated heterocycles. The van der Waals surface area contributed by atoms with Gasteiger partial charge in [0.1, 0.15) is 6.61 Å². The molecule has 0 aromatic carbocycles. The van der Waals surface area contributed by atoms with Gasteiger partial charge in [0.15, 0.2) is 6.54 Å². The van der Waals surface area contributed by atoms with Crippen LogP contribution in [0.5, 0.6) is 0 Å². The molecule has 0 aromatic heterocycles. The highest BCUT2D eigenvalue weighted by Crippen LogP contribution is 1.99. The van der Waals surface area contributed by atoms with Gasteiger partial charge in [-0.1, -0.05) is 0 Å². The van der Waals surface area contributed by atoms with Gasteiger partial charge in [0.25, 0.3) is 0 Å². The van der Waals surface area contributed by atoms with Crippen LogP contribution in [0.1, 0.15) is 6.42 Å². The van der Waals surface area contributed by atoms with E-state index in [9.17, 15) is 0 Å². The molecule has 1 rings (SSSR count). The quantitative estimate of drug-likeness (QED) is 0.488. The molecule has 1 heterocycles. The van der Waals surface area contributed by atoms with E-state index in [1.165, 1.54) is 0 Å². The van der Waals surface area contributed by atoms with Crippen LogP contribution in [-0.2, 0) is 4.74 Å². The molecule has 0 fully saturated rings. The molecule has 1 N–H and O–H groups in total. The summed E-state index contributed by atoms with van der Waals surface area (Å²) in [6, 6.07) is 0. The number of hydrogen-bond acceptors (Lipinski definition) is 1. The average molecular weight is 228 g/mol. The van der Waals surface area contributed by atoms with Crippen LogP contribution >= 0.6 is 22.9 Å². The molecule has 0 unspecified atom stereocenters. The highest BCUT2D eigenvalue weighted by Gasteiger charge is 2.17. The van der Waals surface area contributed by atoms with Crippen LogP contribution in [0, 0.1) is 0 Å². The second kappa shape index (κ2) is 2.52. The lowest BCUT2D eigenvalue weighted by Crippen LogP contribution is -2.23. The van der Waals surface area contributed by atoms with Crippen molar-refractivity contribution in [3.05, 3.63) is 0 Å². The second-order valence-corrected chi connectivity index (χ2v) is 2.74. The van der Waals surface area contributed by atoms with Gasteiger partial charge in [0.05, 0.1) is 0 Å².